The molecule has 0 amide bonds. The molecular formula is C17H25N3OS. The summed E-state index contributed by atoms with van der Waals surface area (Å²) in [6.45, 7) is 7.49. The highest BCUT2D eigenvalue weighted by Crippen LogP contribution is 2.35. The second-order valence-electron chi connectivity index (χ2n) is 6.51. The maximum absolute atomic E-state index is 12.5. The van der Waals surface area contributed by atoms with Crippen LogP contribution in [-0.4, -0.2) is 16.5 Å². The lowest BCUT2D eigenvalue weighted by molar-refractivity contribution is 0.509. The van der Waals surface area contributed by atoms with Gasteiger partial charge in [0.1, 0.15) is 10.7 Å². The highest BCUT2D eigenvalue weighted by atomic mass is 32.1. The van der Waals surface area contributed by atoms with Gasteiger partial charge in [0.05, 0.1) is 11.4 Å². The maximum atomic E-state index is 12.5. The van der Waals surface area contributed by atoms with E-state index in [2.05, 4.69) is 31.1 Å². The van der Waals surface area contributed by atoms with Gasteiger partial charge in [-0.05, 0) is 50.6 Å². The number of aromatic nitrogens is 2. The van der Waals surface area contributed by atoms with Crippen LogP contribution in [0.15, 0.2) is 4.79 Å². The molecule has 0 saturated carbocycles. The molecule has 2 heterocycles. The molecule has 2 aromatic heterocycles. The van der Waals surface area contributed by atoms with Gasteiger partial charge in [0.15, 0.2) is 0 Å². The number of thiophene rings is 1. The van der Waals surface area contributed by atoms with Gasteiger partial charge < -0.3 is 10.3 Å². The number of nitrogens with one attached hydrogen (secondary N) is 2. The molecule has 3 rings (SSSR count). The smallest absolute Gasteiger partial charge is 0.259 e. The van der Waals surface area contributed by atoms with Crippen LogP contribution in [0.3, 0.4) is 0 Å². The molecule has 0 aliphatic heterocycles. The normalized spacial score (nSPS) is 19.3. The fraction of sp³-hybridized carbons (Fsp3) is 0.647. The molecule has 1 aliphatic rings. The van der Waals surface area contributed by atoms with Crippen LogP contribution in [0.1, 0.15) is 62.3 Å². The van der Waals surface area contributed by atoms with Gasteiger partial charge in [-0.15, -0.1) is 11.3 Å². The Balaban J connectivity index is 1.94. The average Bonchev–Trinajstić information content (AvgIpc) is 2.84. The third-order valence-corrected chi connectivity index (χ3v) is 5.72. The zero-order valence-corrected chi connectivity index (χ0v) is 14.5. The molecule has 0 radical (unpaired) electrons. The van der Waals surface area contributed by atoms with Crippen molar-refractivity contribution >= 4 is 21.6 Å². The first-order chi connectivity index (χ1) is 10.6. The molecule has 120 valence electrons. The predicted molar refractivity (Wildman–Crippen MR) is 92.8 cm³/mol. The first-order valence-corrected chi connectivity index (χ1v) is 9.19. The number of fused-ring (bicyclic) bond motifs is 3. The Kier molecular flexibility index (Phi) is 4.64. The van der Waals surface area contributed by atoms with E-state index in [1.165, 1.54) is 23.3 Å². The summed E-state index contributed by atoms with van der Waals surface area (Å²) in [5, 5.41) is 4.28. The minimum Gasteiger partial charge on any atom is -0.309 e. The number of hydrogen-bond acceptors (Lipinski definition) is 4. The molecule has 0 fully saturated rings. The molecule has 0 saturated heterocycles. The van der Waals surface area contributed by atoms with Crippen LogP contribution in [-0.2, 0) is 12.8 Å². The van der Waals surface area contributed by atoms with E-state index in [1.807, 2.05) is 0 Å². The van der Waals surface area contributed by atoms with E-state index in [-0.39, 0.29) is 11.6 Å². The van der Waals surface area contributed by atoms with Crippen LogP contribution < -0.4 is 10.9 Å². The van der Waals surface area contributed by atoms with Crippen LogP contribution in [0.5, 0.6) is 0 Å². The molecular weight excluding hydrogens is 294 g/mol. The van der Waals surface area contributed by atoms with Crippen molar-refractivity contribution in [3.63, 3.8) is 0 Å². The maximum Gasteiger partial charge on any atom is 0.259 e. The molecule has 22 heavy (non-hydrogen) atoms. The predicted octanol–water partition coefficient (Wildman–Crippen LogP) is 3.56. The van der Waals surface area contributed by atoms with E-state index in [4.69, 9.17) is 4.98 Å². The van der Waals surface area contributed by atoms with E-state index >= 15 is 0 Å². The zero-order chi connectivity index (χ0) is 15.7. The van der Waals surface area contributed by atoms with Gasteiger partial charge in [0, 0.05) is 4.88 Å². The van der Waals surface area contributed by atoms with Crippen molar-refractivity contribution in [3.05, 3.63) is 26.6 Å². The van der Waals surface area contributed by atoms with Crippen molar-refractivity contribution in [2.24, 2.45) is 5.92 Å². The van der Waals surface area contributed by atoms with E-state index in [1.54, 1.807) is 11.3 Å². The van der Waals surface area contributed by atoms with E-state index < -0.39 is 0 Å². The van der Waals surface area contributed by atoms with Crippen LogP contribution in [0.25, 0.3) is 10.2 Å². The number of nitrogens with zero attached hydrogens (tertiary/aromatic N) is 1. The summed E-state index contributed by atoms with van der Waals surface area (Å²) in [5.74, 6) is 1.48. The fourth-order valence-corrected chi connectivity index (χ4v) is 4.55. The minimum absolute atomic E-state index is 0.0381. The van der Waals surface area contributed by atoms with E-state index in [0.717, 1.165) is 41.8 Å². The molecule has 0 bridgehead atoms. The third-order valence-electron chi connectivity index (χ3n) is 4.57. The summed E-state index contributed by atoms with van der Waals surface area (Å²) in [7, 11) is 0. The molecule has 2 atom stereocenters. The van der Waals surface area contributed by atoms with Gasteiger partial charge in [-0.3, -0.25) is 4.79 Å². The quantitative estimate of drug-likeness (QED) is 0.829. The van der Waals surface area contributed by atoms with Crippen molar-refractivity contribution in [1.29, 1.82) is 0 Å². The Morgan fingerprint density at radius 2 is 2.32 bits per heavy atom. The van der Waals surface area contributed by atoms with Gasteiger partial charge in [0.2, 0.25) is 0 Å². The largest absolute Gasteiger partial charge is 0.309 e. The van der Waals surface area contributed by atoms with Gasteiger partial charge in [0.25, 0.3) is 5.56 Å². The van der Waals surface area contributed by atoms with Crippen LogP contribution in [0.4, 0.5) is 0 Å². The standard InChI is InChI=1S/C17H25N3OS/c1-4-5-8-18-11(3)15-19-16(21)14-12-7-6-10(2)9-13(12)22-17(14)20-15/h10-11,18H,4-9H2,1-3H3,(H,19,20,21)/t10-,11+/m0/s1. The number of unbranched alkanes of at least 4 members (excludes halogenated alkanes) is 1. The van der Waals surface area contributed by atoms with Crippen LogP contribution in [0, 0.1) is 5.92 Å². The second-order valence-corrected chi connectivity index (χ2v) is 7.60. The Morgan fingerprint density at radius 1 is 1.50 bits per heavy atom. The van der Waals surface area contributed by atoms with Gasteiger partial charge >= 0.3 is 0 Å². The van der Waals surface area contributed by atoms with Crippen LogP contribution in [0.2, 0.25) is 0 Å². The van der Waals surface area contributed by atoms with Crippen molar-refractivity contribution in [3.8, 4) is 0 Å². The van der Waals surface area contributed by atoms with Gasteiger partial charge in [-0.2, -0.15) is 0 Å². The zero-order valence-electron chi connectivity index (χ0n) is 13.7. The Bertz CT molecular complexity index is 718. The summed E-state index contributed by atoms with van der Waals surface area (Å²) in [4.78, 5) is 22.6. The van der Waals surface area contributed by atoms with E-state index in [9.17, 15) is 4.79 Å². The fourth-order valence-electron chi connectivity index (χ4n) is 3.16. The average molecular weight is 319 g/mol. The first kappa shape index (κ1) is 15.7. The Hall–Kier alpha value is -1.20. The van der Waals surface area contributed by atoms with Gasteiger partial charge in [-0.25, -0.2) is 4.98 Å². The Morgan fingerprint density at radius 3 is 3.09 bits per heavy atom. The first-order valence-electron chi connectivity index (χ1n) is 8.38. The van der Waals surface area contributed by atoms with E-state index in [0.29, 0.717) is 5.92 Å². The SMILES string of the molecule is CCCCN[C@H](C)c1nc2sc3c(c2c(=O)[nH]1)CC[C@H](C)C3. The topological polar surface area (TPSA) is 57.8 Å². The van der Waals surface area contributed by atoms with Crippen molar-refractivity contribution in [1.82, 2.24) is 15.3 Å². The number of rotatable bonds is 5. The van der Waals surface area contributed by atoms with Crippen molar-refractivity contribution < 1.29 is 0 Å². The highest BCUT2D eigenvalue weighted by Gasteiger charge is 2.23. The summed E-state index contributed by atoms with van der Waals surface area (Å²) in [5.41, 5.74) is 1.29. The lowest BCUT2D eigenvalue weighted by atomic mass is 9.89. The van der Waals surface area contributed by atoms with Crippen LogP contribution >= 0.6 is 11.3 Å². The molecule has 2 N–H and O–H groups in total. The Labute approximate surface area is 135 Å². The summed E-state index contributed by atoms with van der Waals surface area (Å²) >= 11 is 1.72. The lowest BCUT2D eigenvalue weighted by Crippen LogP contribution is -2.24. The molecule has 0 spiro atoms. The van der Waals surface area contributed by atoms with Crippen molar-refractivity contribution in [2.75, 3.05) is 6.54 Å². The highest BCUT2D eigenvalue weighted by molar-refractivity contribution is 7.18. The van der Waals surface area contributed by atoms with Gasteiger partial charge in [-0.1, -0.05) is 20.3 Å². The third kappa shape index (κ3) is 2.97. The number of H-pyrrole nitrogens is 1. The monoisotopic (exact) mass is 319 g/mol. The molecule has 1 aliphatic carbocycles. The molecule has 0 unspecified atom stereocenters. The second kappa shape index (κ2) is 6.50. The minimum atomic E-state index is 0.0381. The summed E-state index contributed by atoms with van der Waals surface area (Å²) in [6, 6.07) is 0.0849. The summed E-state index contributed by atoms with van der Waals surface area (Å²) < 4.78 is 0. The number of aromatic amines is 1. The molecule has 0 aromatic carbocycles. The number of hydrogen-bond donors (Lipinski definition) is 2. The summed E-state index contributed by atoms with van der Waals surface area (Å²) in [6.07, 6.45) is 5.59. The van der Waals surface area contributed by atoms with Crippen molar-refractivity contribution in [2.45, 2.75) is 58.9 Å². The number of aryl methyl sites for hydroxylation is 1. The molecule has 2 aromatic rings. The lowest BCUT2D eigenvalue weighted by Gasteiger charge is -2.17. The molecule has 5 heteroatoms. The molecule has 4 nitrogen and oxygen atoms in total.